The van der Waals surface area contributed by atoms with Crippen molar-refractivity contribution in [2.75, 3.05) is 19.8 Å². The lowest BCUT2D eigenvalue weighted by molar-refractivity contribution is 0.0251. The van der Waals surface area contributed by atoms with Gasteiger partial charge in [0.2, 0.25) is 0 Å². The van der Waals surface area contributed by atoms with Crippen LogP contribution in [0.1, 0.15) is 37.9 Å². The molecule has 1 aromatic heterocycles. The Bertz CT molecular complexity index is 415. The van der Waals surface area contributed by atoms with Crippen molar-refractivity contribution in [2.45, 2.75) is 46.3 Å². The average molecular weight is 278 g/mol. The number of nitrogens with zero attached hydrogens (tertiary/aromatic N) is 1. The molecule has 0 atom stereocenters. The Morgan fingerprint density at radius 1 is 1.40 bits per heavy atom. The highest BCUT2D eigenvalue weighted by molar-refractivity contribution is 5.33. The first-order chi connectivity index (χ1) is 9.65. The number of hydrogen-bond donors (Lipinski definition) is 1. The zero-order valence-corrected chi connectivity index (χ0v) is 12.8. The second-order valence-corrected chi connectivity index (χ2v) is 5.89. The minimum atomic E-state index is 0.273. The average Bonchev–Trinajstić information content (AvgIpc) is 2.42. The van der Waals surface area contributed by atoms with Gasteiger partial charge in [0.05, 0.1) is 13.2 Å². The number of rotatable bonds is 6. The predicted molar refractivity (Wildman–Crippen MR) is 80.0 cm³/mol. The van der Waals surface area contributed by atoms with Crippen LogP contribution < -0.4 is 10.1 Å². The second kappa shape index (κ2) is 7.60. The molecule has 0 saturated carbocycles. The van der Waals surface area contributed by atoms with Gasteiger partial charge in [-0.15, -0.1) is 0 Å². The Morgan fingerprint density at radius 3 is 2.85 bits per heavy atom. The molecular formula is C16H26N2O2. The van der Waals surface area contributed by atoms with Crippen LogP contribution >= 0.6 is 0 Å². The van der Waals surface area contributed by atoms with Gasteiger partial charge < -0.3 is 14.8 Å². The van der Waals surface area contributed by atoms with E-state index in [0.29, 0.717) is 5.92 Å². The maximum atomic E-state index is 6.16. The van der Waals surface area contributed by atoms with Crippen molar-refractivity contribution < 1.29 is 9.47 Å². The number of aromatic nitrogens is 1. The number of hydrogen-bond acceptors (Lipinski definition) is 4. The molecule has 0 aliphatic carbocycles. The Balaban J connectivity index is 1.99. The van der Waals surface area contributed by atoms with E-state index in [1.54, 1.807) is 0 Å². The van der Waals surface area contributed by atoms with Gasteiger partial charge in [0.15, 0.2) is 0 Å². The van der Waals surface area contributed by atoms with Crippen LogP contribution in [0.5, 0.6) is 5.75 Å². The molecule has 1 saturated heterocycles. The van der Waals surface area contributed by atoms with Crippen molar-refractivity contribution in [3.05, 3.63) is 23.5 Å². The minimum Gasteiger partial charge on any atom is -0.490 e. The summed E-state index contributed by atoms with van der Waals surface area (Å²) in [5, 5.41) is 3.45. The van der Waals surface area contributed by atoms with E-state index in [2.05, 4.69) is 24.1 Å². The lowest BCUT2D eigenvalue weighted by Gasteiger charge is -2.24. The fourth-order valence-corrected chi connectivity index (χ4v) is 2.27. The van der Waals surface area contributed by atoms with E-state index >= 15 is 0 Å². The summed E-state index contributed by atoms with van der Waals surface area (Å²) in [6, 6.07) is 2.04. The summed E-state index contributed by atoms with van der Waals surface area (Å²) in [6.07, 6.45) is 4.15. The van der Waals surface area contributed by atoms with Crippen LogP contribution in [0.2, 0.25) is 0 Å². The molecule has 20 heavy (non-hydrogen) atoms. The second-order valence-electron chi connectivity index (χ2n) is 5.89. The van der Waals surface area contributed by atoms with E-state index in [1.165, 1.54) is 0 Å². The van der Waals surface area contributed by atoms with Gasteiger partial charge in [-0.3, -0.25) is 4.98 Å². The molecule has 2 heterocycles. The molecule has 1 N–H and O–H groups in total. The predicted octanol–water partition coefficient (Wildman–Crippen LogP) is 2.69. The highest BCUT2D eigenvalue weighted by Crippen LogP contribution is 2.23. The van der Waals surface area contributed by atoms with E-state index < -0.39 is 0 Å². The normalized spacial score (nSPS) is 16.6. The van der Waals surface area contributed by atoms with E-state index in [0.717, 1.165) is 56.2 Å². The van der Waals surface area contributed by atoms with Crippen LogP contribution in [-0.2, 0) is 11.3 Å². The molecule has 0 unspecified atom stereocenters. The molecular weight excluding hydrogens is 252 g/mol. The van der Waals surface area contributed by atoms with Gasteiger partial charge in [-0.25, -0.2) is 0 Å². The van der Waals surface area contributed by atoms with Crippen LogP contribution in [0.25, 0.3) is 0 Å². The fraction of sp³-hybridized carbons (Fsp3) is 0.688. The summed E-state index contributed by atoms with van der Waals surface area (Å²) in [7, 11) is 0. The Labute approximate surface area is 121 Å². The van der Waals surface area contributed by atoms with E-state index in [-0.39, 0.29) is 6.10 Å². The first-order valence-corrected chi connectivity index (χ1v) is 7.56. The molecule has 0 aromatic carbocycles. The molecule has 0 radical (unpaired) electrons. The van der Waals surface area contributed by atoms with E-state index in [1.807, 2.05) is 19.2 Å². The van der Waals surface area contributed by atoms with Gasteiger partial charge in [-0.05, 0) is 19.4 Å². The Kier molecular flexibility index (Phi) is 5.80. The summed E-state index contributed by atoms with van der Waals surface area (Å²) in [4.78, 5) is 4.39. The van der Waals surface area contributed by atoms with Gasteiger partial charge in [0.1, 0.15) is 11.9 Å². The van der Waals surface area contributed by atoms with Gasteiger partial charge in [0, 0.05) is 42.9 Å². The van der Waals surface area contributed by atoms with Crippen molar-refractivity contribution in [3.8, 4) is 5.75 Å². The maximum Gasteiger partial charge on any atom is 0.127 e. The monoisotopic (exact) mass is 278 g/mol. The summed E-state index contributed by atoms with van der Waals surface area (Å²) in [6.45, 7) is 9.84. The van der Waals surface area contributed by atoms with Gasteiger partial charge in [-0.2, -0.15) is 0 Å². The standard InChI is InChI=1S/C16H26N2O2/c1-12(2)9-17-10-14-11-18-13(3)8-16(14)20-15-4-6-19-7-5-15/h8,11-12,15,17H,4-7,9-10H2,1-3H3. The van der Waals surface area contributed by atoms with E-state index in [9.17, 15) is 0 Å². The molecule has 0 amide bonds. The molecule has 112 valence electrons. The third-order valence-electron chi connectivity index (χ3n) is 3.41. The van der Waals surface area contributed by atoms with Crippen LogP contribution in [0.3, 0.4) is 0 Å². The van der Waals surface area contributed by atoms with Crippen molar-refractivity contribution in [3.63, 3.8) is 0 Å². The van der Waals surface area contributed by atoms with Crippen molar-refractivity contribution >= 4 is 0 Å². The molecule has 1 aliphatic rings. The smallest absolute Gasteiger partial charge is 0.127 e. The van der Waals surface area contributed by atoms with Gasteiger partial charge in [-0.1, -0.05) is 13.8 Å². The van der Waals surface area contributed by atoms with Crippen molar-refractivity contribution in [1.29, 1.82) is 0 Å². The summed E-state index contributed by atoms with van der Waals surface area (Å²) >= 11 is 0. The topological polar surface area (TPSA) is 43.4 Å². The molecule has 0 bridgehead atoms. The molecule has 2 rings (SSSR count). The summed E-state index contributed by atoms with van der Waals surface area (Å²) in [5.41, 5.74) is 2.14. The highest BCUT2D eigenvalue weighted by Gasteiger charge is 2.17. The van der Waals surface area contributed by atoms with Gasteiger partial charge in [0.25, 0.3) is 0 Å². The zero-order valence-electron chi connectivity index (χ0n) is 12.8. The third kappa shape index (κ3) is 4.76. The van der Waals surface area contributed by atoms with Crippen LogP contribution in [0, 0.1) is 12.8 Å². The van der Waals surface area contributed by atoms with Crippen LogP contribution in [-0.4, -0.2) is 30.8 Å². The summed E-state index contributed by atoms with van der Waals surface area (Å²) in [5.74, 6) is 1.62. The highest BCUT2D eigenvalue weighted by atomic mass is 16.5. The van der Waals surface area contributed by atoms with Crippen molar-refractivity contribution in [1.82, 2.24) is 10.3 Å². The molecule has 0 spiro atoms. The number of ether oxygens (including phenoxy) is 2. The maximum absolute atomic E-state index is 6.16. The Hall–Kier alpha value is -1.13. The SMILES string of the molecule is Cc1cc(OC2CCOCC2)c(CNCC(C)C)cn1. The zero-order chi connectivity index (χ0) is 14.4. The van der Waals surface area contributed by atoms with Crippen molar-refractivity contribution in [2.24, 2.45) is 5.92 Å². The van der Waals surface area contributed by atoms with E-state index in [4.69, 9.17) is 9.47 Å². The molecule has 1 aromatic rings. The van der Waals surface area contributed by atoms with Crippen LogP contribution in [0.15, 0.2) is 12.3 Å². The third-order valence-corrected chi connectivity index (χ3v) is 3.41. The number of nitrogens with one attached hydrogen (secondary N) is 1. The van der Waals surface area contributed by atoms with Crippen LogP contribution in [0.4, 0.5) is 0 Å². The fourth-order valence-electron chi connectivity index (χ4n) is 2.27. The quantitative estimate of drug-likeness (QED) is 0.869. The molecule has 4 nitrogen and oxygen atoms in total. The first kappa shape index (κ1) is 15.3. The lowest BCUT2D eigenvalue weighted by Crippen LogP contribution is -2.27. The molecule has 1 aliphatic heterocycles. The minimum absolute atomic E-state index is 0.273. The Morgan fingerprint density at radius 2 is 2.15 bits per heavy atom. The number of aryl methyl sites for hydroxylation is 1. The van der Waals surface area contributed by atoms with Gasteiger partial charge >= 0.3 is 0 Å². The molecule has 1 fully saturated rings. The molecule has 4 heteroatoms. The lowest BCUT2D eigenvalue weighted by atomic mass is 10.1. The summed E-state index contributed by atoms with van der Waals surface area (Å²) < 4.78 is 11.5. The largest absolute Gasteiger partial charge is 0.490 e. The number of pyridine rings is 1. The first-order valence-electron chi connectivity index (χ1n) is 7.56.